The van der Waals surface area contributed by atoms with Crippen LogP contribution in [0.4, 0.5) is 0 Å². The maximum absolute atomic E-state index is 11.2. The van der Waals surface area contributed by atoms with Gasteiger partial charge in [-0.1, -0.05) is 6.92 Å². The van der Waals surface area contributed by atoms with E-state index in [0.717, 1.165) is 0 Å². The Kier molecular flexibility index (Phi) is 5.94. The van der Waals surface area contributed by atoms with Gasteiger partial charge in [-0.15, -0.1) is 0 Å². The zero-order valence-electron chi connectivity index (χ0n) is 9.33. The summed E-state index contributed by atoms with van der Waals surface area (Å²) in [6.07, 6.45) is 0. The van der Waals surface area contributed by atoms with E-state index in [0.29, 0.717) is 6.04 Å². The number of esters is 1. The molecule has 0 N–H and O–H groups in total. The van der Waals surface area contributed by atoms with Gasteiger partial charge in [0, 0.05) is 27.4 Å². The molecule has 0 heterocycles. The van der Waals surface area contributed by atoms with Gasteiger partial charge in [0.1, 0.15) is 0 Å². The fourth-order valence-corrected chi connectivity index (χ4v) is 3.08. The Morgan fingerprint density at radius 2 is 1.57 bits per heavy atom. The highest BCUT2D eigenvalue weighted by Gasteiger charge is 2.41. The van der Waals surface area contributed by atoms with Gasteiger partial charge in [-0.3, -0.25) is 4.79 Å². The second-order valence-corrected chi connectivity index (χ2v) is 5.92. The van der Waals surface area contributed by atoms with Crippen molar-refractivity contribution >= 4 is 14.8 Å². The first-order chi connectivity index (χ1) is 6.55. The molecule has 5 nitrogen and oxygen atoms in total. The first kappa shape index (κ1) is 13.6. The molecule has 0 amide bonds. The first-order valence-electron chi connectivity index (χ1n) is 4.28. The van der Waals surface area contributed by atoms with Crippen LogP contribution in [-0.2, 0) is 22.8 Å². The van der Waals surface area contributed by atoms with Gasteiger partial charge >= 0.3 is 14.8 Å². The van der Waals surface area contributed by atoms with Crippen molar-refractivity contribution in [3.05, 3.63) is 0 Å². The molecule has 0 aromatic rings. The average molecular weight is 222 g/mol. The minimum atomic E-state index is -2.66. The van der Waals surface area contributed by atoms with Crippen LogP contribution in [0.2, 0.25) is 6.04 Å². The van der Waals surface area contributed by atoms with Crippen molar-refractivity contribution in [1.82, 2.24) is 0 Å². The molecule has 0 aliphatic heterocycles. The second kappa shape index (κ2) is 6.13. The highest BCUT2D eigenvalue weighted by Crippen LogP contribution is 2.19. The standard InChI is InChI=1S/C8H18O5Si/c1-7(8(9)10-2)6-14(11-3,12-4)13-5/h7H,6H2,1-5H3. The lowest BCUT2D eigenvalue weighted by Gasteiger charge is -2.26. The van der Waals surface area contributed by atoms with Gasteiger partial charge in [0.2, 0.25) is 0 Å². The molecule has 1 atom stereocenters. The molecule has 0 aliphatic rings. The van der Waals surface area contributed by atoms with Crippen LogP contribution >= 0.6 is 0 Å². The van der Waals surface area contributed by atoms with Crippen LogP contribution in [0.25, 0.3) is 0 Å². The Balaban J connectivity index is 4.36. The summed E-state index contributed by atoms with van der Waals surface area (Å²) in [4.78, 5) is 11.2. The van der Waals surface area contributed by atoms with Crippen LogP contribution < -0.4 is 0 Å². The predicted molar refractivity (Wildman–Crippen MR) is 52.8 cm³/mol. The third-order valence-electron chi connectivity index (χ3n) is 2.09. The van der Waals surface area contributed by atoms with Gasteiger partial charge in [-0.05, 0) is 0 Å². The lowest BCUT2D eigenvalue weighted by molar-refractivity contribution is -0.144. The van der Waals surface area contributed by atoms with Gasteiger partial charge in [-0.25, -0.2) is 0 Å². The Hall–Kier alpha value is -0.433. The molecule has 0 bridgehead atoms. The molecule has 0 rings (SSSR count). The minimum absolute atomic E-state index is 0.284. The van der Waals surface area contributed by atoms with E-state index in [9.17, 15) is 4.79 Å². The highest BCUT2D eigenvalue weighted by atomic mass is 28.4. The van der Waals surface area contributed by atoms with Gasteiger partial charge in [0.15, 0.2) is 0 Å². The number of hydrogen-bond donors (Lipinski definition) is 0. The Bertz CT molecular complexity index is 172. The molecule has 0 fully saturated rings. The van der Waals surface area contributed by atoms with E-state index in [1.54, 1.807) is 6.92 Å². The third kappa shape index (κ3) is 3.37. The van der Waals surface area contributed by atoms with E-state index in [-0.39, 0.29) is 11.9 Å². The second-order valence-electron chi connectivity index (χ2n) is 2.92. The maximum Gasteiger partial charge on any atom is 0.501 e. The fourth-order valence-electron chi connectivity index (χ4n) is 1.16. The molecule has 0 aliphatic carbocycles. The Labute approximate surface area is 85.7 Å². The topological polar surface area (TPSA) is 54.0 Å². The molecular formula is C8H18O5Si. The highest BCUT2D eigenvalue weighted by molar-refractivity contribution is 6.60. The molecule has 0 spiro atoms. The summed E-state index contributed by atoms with van der Waals surface area (Å²) in [7, 11) is 3.25. The minimum Gasteiger partial charge on any atom is -0.469 e. The Morgan fingerprint density at radius 3 is 1.86 bits per heavy atom. The summed E-state index contributed by atoms with van der Waals surface area (Å²) >= 11 is 0. The molecule has 84 valence electrons. The predicted octanol–water partition coefficient (Wildman–Crippen LogP) is 0.674. The van der Waals surface area contributed by atoms with Crippen LogP contribution in [0.3, 0.4) is 0 Å². The Morgan fingerprint density at radius 1 is 1.14 bits per heavy atom. The van der Waals surface area contributed by atoms with Crippen molar-refractivity contribution in [2.75, 3.05) is 28.4 Å². The van der Waals surface area contributed by atoms with Gasteiger partial charge in [0.25, 0.3) is 0 Å². The normalized spacial score (nSPS) is 13.8. The van der Waals surface area contributed by atoms with E-state index in [1.165, 1.54) is 28.4 Å². The van der Waals surface area contributed by atoms with Crippen LogP contribution in [-0.4, -0.2) is 43.2 Å². The summed E-state index contributed by atoms with van der Waals surface area (Å²) in [5.74, 6) is -0.570. The number of carbonyl (C=O) groups is 1. The zero-order chi connectivity index (χ0) is 11.2. The molecule has 0 saturated heterocycles. The number of ether oxygens (including phenoxy) is 1. The van der Waals surface area contributed by atoms with Crippen molar-refractivity contribution in [2.24, 2.45) is 5.92 Å². The van der Waals surface area contributed by atoms with E-state index >= 15 is 0 Å². The molecule has 0 radical (unpaired) electrons. The van der Waals surface area contributed by atoms with Gasteiger partial charge in [-0.2, -0.15) is 0 Å². The van der Waals surface area contributed by atoms with E-state index in [1.807, 2.05) is 0 Å². The largest absolute Gasteiger partial charge is 0.501 e. The summed E-state index contributed by atoms with van der Waals surface area (Å²) in [5.41, 5.74) is 0. The molecule has 0 saturated carbocycles. The maximum atomic E-state index is 11.2. The molecular weight excluding hydrogens is 204 g/mol. The van der Waals surface area contributed by atoms with Crippen LogP contribution in [0.15, 0.2) is 0 Å². The average Bonchev–Trinajstić information content (AvgIpc) is 2.24. The summed E-state index contributed by atoms with van der Waals surface area (Å²) in [6, 6.07) is 0.420. The van der Waals surface area contributed by atoms with E-state index in [4.69, 9.17) is 13.3 Å². The number of hydrogen-bond acceptors (Lipinski definition) is 5. The monoisotopic (exact) mass is 222 g/mol. The van der Waals surface area contributed by atoms with E-state index in [2.05, 4.69) is 4.74 Å². The van der Waals surface area contributed by atoms with Gasteiger partial charge in [0.05, 0.1) is 13.0 Å². The smallest absolute Gasteiger partial charge is 0.469 e. The zero-order valence-corrected chi connectivity index (χ0v) is 10.3. The molecule has 6 heteroatoms. The van der Waals surface area contributed by atoms with Crippen molar-refractivity contribution in [3.8, 4) is 0 Å². The molecule has 1 unspecified atom stereocenters. The summed E-state index contributed by atoms with van der Waals surface area (Å²) < 4.78 is 20.2. The molecule has 0 aromatic carbocycles. The number of rotatable bonds is 6. The van der Waals surface area contributed by atoms with E-state index < -0.39 is 8.80 Å². The lowest BCUT2D eigenvalue weighted by Crippen LogP contribution is -2.45. The van der Waals surface area contributed by atoms with Crippen molar-refractivity contribution in [1.29, 1.82) is 0 Å². The summed E-state index contributed by atoms with van der Waals surface area (Å²) in [6.45, 7) is 1.75. The third-order valence-corrected chi connectivity index (χ3v) is 5.07. The SMILES string of the molecule is COC(=O)C(C)C[Si](OC)(OC)OC. The molecule has 14 heavy (non-hydrogen) atoms. The quantitative estimate of drug-likeness (QED) is 0.488. The summed E-state index contributed by atoms with van der Waals surface area (Å²) in [5, 5.41) is 0. The number of methoxy groups -OCH3 is 1. The van der Waals surface area contributed by atoms with Crippen molar-refractivity contribution < 1.29 is 22.8 Å². The van der Waals surface area contributed by atoms with Crippen LogP contribution in [0.1, 0.15) is 6.92 Å². The first-order valence-corrected chi connectivity index (χ1v) is 6.21. The lowest BCUT2D eigenvalue weighted by atomic mass is 10.2. The van der Waals surface area contributed by atoms with Crippen molar-refractivity contribution in [3.63, 3.8) is 0 Å². The van der Waals surface area contributed by atoms with Crippen LogP contribution in [0.5, 0.6) is 0 Å². The van der Waals surface area contributed by atoms with Gasteiger partial charge < -0.3 is 18.0 Å². The number of carbonyl (C=O) groups excluding carboxylic acids is 1. The fraction of sp³-hybridized carbons (Fsp3) is 0.875. The van der Waals surface area contributed by atoms with Crippen LogP contribution in [0, 0.1) is 5.92 Å². The molecule has 0 aromatic heterocycles. The van der Waals surface area contributed by atoms with Crippen molar-refractivity contribution in [2.45, 2.75) is 13.0 Å².